The van der Waals surface area contributed by atoms with Crippen LogP contribution in [-0.4, -0.2) is 10.2 Å². The van der Waals surface area contributed by atoms with E-state index in [-0.39, 0.29) is 9.52 Å². The molecule has 0 saturated heterocycles. The maximum atomic E-state index is 5.65. The van der Waals surface area contributed by atoms with E-state index in [0.29, 0.717) is 0 Å². The fourth-order valence-electron chi connectivity index (χ4n) is 0.323. The van der Waals surface area contributed by atoms with E-state index in [9.17, 15) is 0 Å². The topological polar surface area (TPSA) is 0 Å². The third-order valence-corrected chi connectivity index (χ3v) is 2.96. The van der Waals surface area contributed by atoms with E-state index in [1.807, 2.05) is 0 Å². The van der Waals surface area contributed by atoms with Gasteiger partial charge in [-0.25, -0.2) is 0 Å². The summed E-state index contributed by atoms with van der Waals surface area (Å²) in [5.74, 6) is 0. The third kappa shape index (κ3) is 5.80. The van der Waals surface area contributed by atoms with Crippen LogP contribution in [0.4, 0.5) is 0 Å². The van der Waals surface area contributed by atoms with Crippen LogP contribution in [0.3, 0.4) is 0 Å². The molecule has 0 amide bonds. The molecular weight excluding hydrogens is 285 g/mol. The fourth-order valence-corrected chi connectivity index (χ4v) is 0.763. The Balaban J connectivity index is 4.17. The minimum Gasteiger partial charge on any atom is -0.115 e. The van der Waals surface area contributed by atoms with Gasteiger partial charge in [0.1, 0.15) is 9.33 Å². The Morgan fingerprint density at radius 2 is 1.50 bits per heavy atom. The second-order valence-corrected chi connectivity index (χ2v) is 4.77. The molecule has 0 bridgehead atoms. The van der Waals surface area contributed by atoms with Crippen LogP contribution >= 0.6 is 69.6 Å². The van der Waals surface area contributed by atoms with Gasteiger partial charge >= 0.3 is 0 Å². The largest absolute Gasteiger partial charge is 0.127 e. The molecule has 1 atom stereocenters. The summed E-state index contributed by atoms with van der Waals surface area (Å²) in [6.07, 6.45) is 2.94. The molecule has 0 aromatic heterocycles. The monoisotopic (exact) mass is 286 g/mol. The molecule has 0 radical (unpaired) electrons. The van der Waals surface area contributed by atoms with Crippen LogP contribution in [0, 0.1) is 0 Å². The van der Waals surface area contributed by atoms with Crippen molar-refractivity contribution in [3.63, 3.8) is 0 Å². The summed E-state index contributed by atoms with van der Waals surface area (Å²) < 4.78 is -0.0301. The van der Waals surface area contributed by atoms with Crippen molar-refractivity contribution < 1.29 is 0 Å². The molecule has 0 rings (SSSR count). The zero-order chi connectivity index (χ0) is 9.72. The van der Waals surface area contributed by atoms with E-state index >= 15 is 0 Å². The van der Waals surface area contributed by atoms with Crippen LogP contribution in [0.25, 0.3) is 0 Å². The van der Waals surface area contributed by atoms with Gasteiger partial charge < -0.3 is 0 Å². The normalized spacial score (nSPS) is 13.9. The molecule has 0 aliphatic rings. The molecule has 0 spiro atoms. The molecular formula is C6H4Cl6. The minimum absolute atomic E-state index is 0.0301. The van der Waals surface area contributed by atoms with Crippen LogP contribution in [0.5, 0.6) is 0 Å². The highest BCUT2D eigenvalue weighted by Gasteiger charge is 2.09. The van der Waals surface area contributed by atoms with Crippen molar-refractivity contribution in [2.75, 3.05) is 0 Å². The van der Waals surface area contributed by atoms with Crippen LogP contribution in [0.2, 0.25) is 0 Å². The average molecular weight is 289 g/mol. The van der Waals surface area contributed by atoms with Crippen molar-refractivity contribution >= 4 is 69.6 Å². The van der Waals surface area contributed by atoms with Crippen molar-refractivity contribution in [2.45, 2.75) is 10.2 Å². The summed E-state index contributed by atoms with van der Waals surface area (Å²) in [7, 11) is 0. The molecule has 0 nitrogen and oxygen atoms in total. The zero-order valence-electron chi connectivity index (χ0n) is 5.58. The summed E-state index contributed by atoms with van der Waals surface area (Å²) in [5.41, 5.74) is 0. The van der Waals surface area contributed by atoms with Gasteiger partial charge in [-0.2, -0.15) is 0 Å². The molecule has 0 aromatic rings. The van der Waals surface area contributed by atoms with Gasteiger partial charge in [0, 0.05) is 0 Å². The van der Waals surface area contributed by atoms with Gasteiger partial charge in [-0.15, -0.1) is 34.8 Å². The lowest BCUT2D eigenvalue weighted by Gasteiger charge is -2.02. The number of halogens is 6. The van der Waals surface area contributed by atoms with E-state index in [0.717, 1.165) is 0 Å². The van der Waals surface area contributed by atoms with Gasteiger partial charge in [0.25, 0.3) is 0 Å². The number of hydrogen-bond acceptors (Lipinski definition) is 0. The number of rotatable bonds is 3. The van der Waals surface area contributed by atoms with E-state index < -0.39 is 10.2 Å². The predicted molar refractivity (Wildman–Crippen MR) is 58.9 cm³/mol. The average Bonchev–Trinajstić information content (AvgIpc) is 1.98. The molecule has 12 heavy (non-hydrogen) atoms. The van der Waals surface area contributed by atoms with E-state index in [2.05, 4.69) is 0 Å². The molecule has 0 fully saturated rings. The maximum absolute atomic E-state index is 5.65. The van der Waals surface area contributed by atoms with Crippen molar-refractivity contribution in [3.8, 4) is 0 Å². The molecule has 0 N–H and O–H groups in total. The first-order chi connectivity index (χ1) is 5.45. The summed E-state index contributed by atoms with van der Waals surface area (Å²) >= 11 is 32.8. The Morgan fingerprint density at radius 3 is 1.83 bits per heavy atom. The Morgan fingerprint density at radius 1 is 1.00 bits per heavy atom. The van der Waals surface area contributed by atoms with Crippen molar-refractivity contribution in [2.24, 2.45) is 0 Å². The lowest BCUT2D eigenvalue weighted by atomic mass is 10.4. The highest BCUT2D eigenvalue weighted by molar-refractivity contribution is 6.59. The van der Waals surface area contributed by atoms with E-state index in [4.69, 9.17) is 69.6 Å². The van der Waals surface area contributed by atoms with Gasteiger partial charge in [-0.05, 0) is 6.08 Å². The van der Waals surface area contributed by atoms with Crippen LogP contribution in [-0.2, 0) is 0 Å². The summed E-state index contributed by atoms with van der Waals surface area (Å²) in [6, 6.07) is 0. The van der Waals surface area contributed by atoms with Crippen LogP contribution < -0.4 is 0 Å². The molecule has 0 aliphatic heterocycles. The van der Waals surface area contributed by atoms with Gasteiger partial charge in [0.15, 0.2) is 0 Å². The van der Waals surface area contributed by atoms with Crippen LogP contribution in [0.1, 0.15) is 0 Å². The number of hydrogen-bond donors (Lipinski definition) is 0. The first-order valence-corrected chi connectivity index (χ1v) is 5.20. The van der Waals surface area contributed by atoms with E-state index in [1.54, 1.807) is 0 Å². The van der Waals surface area contributed by atoms with Crippen molar-refractivity contribution in [1.82, 2.24) is 0 Å². The predicted octanol–water partition coefficient (Wildman–Crippen LogP) is 4.84. The van der Waals surface area contributed by atoms with Crippen molar-refractivity contribution in [3.05, 3.63) is 21.7 Å². The lowest BCUT2D eigenvalue weighted by molar-refractivity contribution is 1.16. The minimum atomic E-state index is -0.693. The summed E-state index contributed by atoms with van der Waals surface area (Å²) in [6.45, 7) is 0. The first kappa shape index (κ1) is 13.2. The van der Waals surface area contributed by atoms with Gasteiger partial charge in [-0.3, -0.25) is 0 Å². The maximum Gasteiger partial charge on any atom is 0.127 e. The SMILES string of the molecule is ClC(Cl)=C(Cl)C=CC(Cl)C(Cl)Cl. The Labute approximate surface area is 101 Å². The number of allylic oxidation sites excluding steroid dienone is 3. The molecule has 0 heterocycles. The molecule has 0 saturated carbocycles. The Bertz CT molecular complexity index is 190. The molecule has 0 aromatic carbocycles. The van der Waals surface area contributed by atoms with Gasteiger partial charge in [0.2, 0.25) is 0 Å². The summed E-state index contributed by atoms with van der Waals surface area (Å²) in [5, 5.41) is -0.326. The third-order valence-electron chi connectivity index (χ3n) is 0.848. The second kappa shape index (κ2) is 6.64. The van der Waals surface area contributed by atoms with Gasteiger partial charge in [-0.1, -0.05) is 40.9 Å². The summed E-state index contributed by atoms with van der Waals surface area (Å²) in [4.78, 5) is -0.693. The molecule has 6 heteroatoms. The van der Waals surface area contributed by atoms with Crippen LogP contribution in [0.15, 0.2) is 21.7 Å². The Hall–Kier alpha value is 1.22. The van der Waals surface area contributed by atoms with E-state index in [1.165, 1.54) is 12.2 Å². The lowest BCUT2D eigenvalue weighted by Crippen LogP contribution is -2.03. The highest BCUT2D eigenvalue weighted by atomic mass is 35.5. The fraction of sp³-hybridized carbons (Fsp3) is 0.333. The van der Waals surface area contributed by atoms with Gasteiger partial charge in [0.05, 0.1) is 10.4 Å². The quantitative estimate of drug-likeness (QED) is 0.515. The van der Waals surface area contributed by atoms with Crippen molar-refractivity contribution in [1.29, 1.82) is 0 Å². The first-order valence-electron chi connectivity index (χ1n) is 2.76. The molecule has 0 aliphatic carbocycles. The Kier molecular flexibility index (Phi) is 7.32. The smallest absolute Gasteiger partial charge is 0.115 e. The standard InChI is InChI=1S/C6H4Cl6/c7-3(5(9)10)1-2-4(8)6(11)12/h1-3,5H. The molecule has 70 valence electrons. The second-order valence-electron chi connectivity index (χ2n) is 1.75. The zero-order valence-corrected chi connectivity index (χ0v) is 10.1. The highest BCUT2D eigenvalue weighted by Crippen LogP contribution is 2.21. The molecule has 1 unspecified atom stereocenters. The number of alkyl halides is 3.